The number of carbonyl (C=O) groups excluding carboxylic acids is 2. The fraction of sp³-hybridized carbons (Fsp3) is 0.429. The summed E-state index contributed by atoms with van der Waals surface area (Å²) in [4.78, 5) is 27.7. The van der Waals surface area contributed by atoms with Gasteiger partial charge in [-0.15, -0.1) is 11.3 Å². The Morgan fingerprint density at radius 1 is 1.04 bits per heavy atom. The minimum atomic E-state index is 0.0673. The lowest BCUT2D eigenvalue weighted by atomic mass is 9.85. The molecular formula is C21H24N2O2S. The van der Waals surface area contributed by atoms with E-state index in [2.05, 4.69) is 17.4 Å². The Hall–Kier alpha value is -2.14. The summed E-state index contributed by atoms with van der Waals surface area (Å²) in [5.41, 5.74) is 1.15. The van der Waals surface area contributed by atoms with Crippen molar-refractivity contribution in [3.8, 4) is 0 Å². The van der Waals surface area contributed by atoms with Crippen LogP contribution in [0.4, 0.5) is 5.00 Å². The van der Waals surface area contributed by atoms with Crippen LogP contribution in [0.25, 0.3) is 0 Å². The molecule has 2 aliphatic carbocycles. The molecular weight excluding hydrogens is 344 g/mol. The third-order valence-corrected chi connectivity index (χ3v) is 6.21. The highest BCUT2D eigenvalue weighted by molar-refractivity contribution is 7.18. The Balaban J connectivity index is 1.45. The smallest absolute Gasteiger partial charge is 0.264 e. The van der Waals surface area contributed by atoms with E-state index >= 15 is 0 Å². The molecule has 0 atom stereocenters. The summed E-state index contributed by atoms with van der Waals surface area (Å²) in [6, 6.07) is 13.8. The van der Waals surface area contributed by atoms with Gasteiger partial charge in [0, 0.05) is 19.0 Å². The molecule has 2 aliphatic rings. The van der Waals surface area contributed by atoms with Crippen LogP contribution in [0.5, 0.6) is 0 Å². The van der Waals surface area contributed by atoms with Crippen LogP contribution in [0.1, 0.15) is 47.3 Å². The first-order valence-electron chi connectivity index (χ1n) is 9.43. The van der Waals surface area contributed by atoms with Gasteiger partial charge < -0.3 is 10.2 Å². The van der Waals surface area contributed by atoms with Crippen molar-refractivity contribution in [2.24, 2.45) is 11.8 Å². The van der Waals surface area contributed by atoms with Gasteiger partial charge in [-0.3, -0.25) is 9.59 Å². The van der Waals surface area contributed by atoms with Gasteiger partial charge >= 0.3 is 0 Å². The molecule has 0 spiro atoms. The number of hydrogen-bond acceptors (Lipinski definition) is 3. The minimum absolute atomic E-state index is 0.0673. The fourth-order valence-electron chi connectivity index (χ4n) is 3.25. The lowest BCUT2D eigenvalue weighted by molar-refractivity contribution is -0.117. The predicted molar refractivity (Wildman–Crippen MR) is 104 cm³/mol. The van der Waals surface area contributed by atoms with Crippen LogP contribution in [0.15, 0.2) is 42.5 Å². The molecule has 0 saturated heterocycles. The monoisotopic (exact) mass is 368 g/mol. The van der Waals surface area contributed by atoms with E-state index in [1.165, 1.54) is 30.6 Å². The number of nitrogens with zero attached hydrogens (tertiary/aromatic N) is 1. The Kier molecular flexibility index (Phi) is 5.07. The summed E-state index contributed by atoms with van der Waals surface area (Å²) in [5, 5.41) is 3.71. The molecule has 0 radical (unpaired) electrons. The fourth-order valence-corrected chi connectivity index (χ4v) is 4.13. The van der Waals surface area contributed by atoms with Gasteiger partial charge in [-0.25, -0.2) is 0 Å². The Bertz CT molecular complexity index is 778. The third kappa shape index (κ3) is 4.15. The largest absolute Gasteiger partial charge is 0.333 e. The standard InChI is InChI=1S/C21H24N2O2S/c24-20(17-9-10-17)22-19-12-11-18(26-19)21(25)23(14-16-7-4-8-16)13-15-5-2-1-3-6-15/h1-3,5-6,11-12,16-17H,4,7-10,13-14H2,(H,22,24). The number of thiophene rings is 1. The zero-order chi connectivity index (χ0) is 17.9. The van der Waals surface area contributed by atoms with Gasteiger partial charge in [0.05, 0.1) is 9.88 Å². The Labute approximate surface area is 158 Å². The first-order valence-corrected chi connectivity index (χ1v) is 10.2. The molecule has 1 aromatic carbocycles. The molecule has 0 bridgehead atoms. The Morgan fingerprint density at radius 2 is 1.81 bits per heavy atom. The van der Waals surface area contributed by atoms with Crippen molar-refractivity contribution in [2.45, 2.75) is 38.6 Å². The predicted octanol–water partition coefficient (Wildman–Crippen LogP) is 4.54. The van der Waals surface area contributed by atoms with Crippen molar-refractivity contribution in [3.63, 3.8) is 0 Å². The summed E-state index contributed by atoms with van der Waals surface area (Å²) in [7, 11) is 0. The molecule has 2 saturated carbocycles. The number of hydrogen-bond donors (Lipinski definition) is 1. The minimum Gasteiger partial charge on any atom is -0.333 e. The van der Waals surface area contributed by atoms with E-state index in [0.717, 1.165) is 30.0 Å². The van der Waals surface area contributed by atoms with Crippen LogP contribution in [-0.2, 0) is 11.3 Å². The molecule has 4 nitrogen and oxygen atoms in total. The molecule has 4 rings (SSSR count). The van der Waals surface area contributed by atoms with Crippen LogP contribution >= 0.6 is 11.3 Å². The van der Waals surface area contributed by atoms with E-state index in [0.29, 0.717) is 17.3 Å². The number of carbonyl (C=O) groups is 2. The van der Waals surface area contributed by atoms with Gasteiger partial charge in [0.2, 0.25) is 5.91 Å². The summed E-state index contributed by atoms with van der Waals surface area (Å²) in [5.74, 6) is 0.945. The second kappa shape index (κ2) is 7.62. The van der Waals surface area contributed by atoms with Crippen molar-refractivity contribution in [3.05, 3.63) is 52.9 Å². The topological polar surface area (TPSA) is 49.4 Å². The molecule has 1 aromatic heterocycles. The van der Waals surface area contributed by atoms with Crippen LogP contribution in [0.3, 0.4) is 0 Å². The average molecular weight is 369 g/mol. The normalized spacial score (nSPS) is 16.8. The van der Waals surface area contributed by atoms with Crippen LogP contribution in [0.2, 0.25) is 0 Å². The summed E-state index contributed by atoms with van der Waals surface area (Å²) in [6.45, 7) is 1.45. The van der Waals surface area contributed by atoms with Crippen LogP contribution in [-0.4, -0.2) is 23.3 Å². The molecule has 2 amide bonds. The molecule has 0 aliphatic heterocycles. The molecule has 0 unspecified atom stereocenters. The summed E-state index contributed by atoms with van der Waals surface area (Å²) in [6.07, 6.45) is 5.66. The van der Waals surface area contributed by atoms with Crippen molar-refractivity contribution < 1.29 is 9.59 Å². The van der Waals surface area contributed by atoms with E-state index in [9.17, 15) is 9.59 Å². The highest BCUT2D eigenvalue weighted by Crippen LogP contribution is 2.32. The second-order valence-corrected chi connectivity index (χ2v) is 8.48. The van der Waals surface area contributed by atoms with E-state index in [1.807, 2.05) is 35.2 Å². The van der Waals surface area contributed by atoms with Gasteiger partial charge in [-0.1, -0.05) is 36.8 Å². The summed E-state index contributed by atoms with van der Waals surface area (Å²) >= 11 is 1.38. The van der Waals surface area contributed by atoms with Gasteiger partial charge in [-0.05, 0) is 49.3 Å². The lowest BCUT2D eigenvalue weighted by Gasteiger charge is -2.32. The zero-order valence-electron chi connectivity index (χ0n) is 14.8. The molecule has 136 valence electrons. The second-order valence-electron chi connectivity index (χ2n) is 7.40. The SMILES string of the molecule is O=C(Nc1ccc(C(=O)N(Cc2ccccc2)CC2CCC2)s1)C1CC1. The molecule has 1 N–H and O–H groups in total. The third-order valence-electron chi connectivity index (χ3n) is 5.22. The molecule has 2 aromatic rings. The van der Waals surface area contributed by atoms with E-state index in [1.54, 1.807) is 0 Å². The molecule has 1 heterocycles. The number of amides is 2. The van der Waals surface area contributed by atoms with Gasteiger partial charge in [-0.2, -0.15) is 0 Å². The van der Waals surface area contributed by atoms with Gasteiger partial charge in [0.25, 0.3) is 5.91 Å². The van der Waals surface area contributed by atoms with E-state index in [4.69, 9.17) is 0 Å². The van der Waals surface area contributed by atoms with Crippen molar-refractivity contribution in [1.29, 1.82) is 0 Å². The van der Waals surface area contributed by atoms with Crippen LogP contribution < -0.4 is 5.32 Å². The van der Waals surface area contributed by atoms with Crippen molar-refractivity contribution in [2.75, 3.05) is 11.9 Å². The van der Waals surface area contributed by atoms with E-state index < -0.39 is 0 Å². The highest BCUT2D eigenvalue weighted by Gasteiger charge is 2.30. The first-order chi connectivity index (χ1) is 12.7. The van der Waals surface area contributed by atoms with Gasteiger partial charge in [0.15, 0.2) is 0 Å². The maximum absolute atomic E-state index is 13.1. The van der Waals surface area contributed by atoms with E-state index in [-0.39, 0.29) is 17.7 Å². The number of benzene rings is 1. The Morgan fingerprint density at radius 3 is 2.46 bits per heavy atom. The first kappa shape index (κ1) is 17.3. The highest BCUT2D eigenvalue weighted by atomic mass is 32.1. The molecule has 26 heavy (non-hydrogen) atoms. The number of nitrogens with one attached hydrogen (secondary N) is 1. The van der Waals surface area contributed by atoms with Crippen molar-refractivity contribution in [1.82, 2.24) is 4.90 Å². The van der Waals surface area contributed by atoms with Gasteiger partial charge in [0.1, 0.15) is 0 Å². The maximum Gasteiger partial charge on any atom is 0.264 e. The zero-order valence-corrected chi connectivity index (χ0v) is 15.6. The molecule has 2 fully saturated rings. The average Bonchev–Trinajstić information content (AvgIpc) is 3.37. The van der Waals surface area contributed by atoms with Crippen molar-refractivity contribution >= 4 is 28.2 Å². The number of anilines is 1. The molecule has 5 heteroatoms. The van der Waals surface area contributed by atoms with Crippen LogP contribution in [0, 0.1) is 11.8 Å². The lowest BCUT2D eigenvalue weighted by Crippen LogP contribution is -2.36. The summed E-state index contributed by atoms with van der Waals surface area (Å²) < 4.78 is 0. The maximum atomic E-state index is 13.1. The number of rotatable bonds is 7. The quantitative estimate of drug-likeness (QED) is 0.780.